The molecule has 3 aromatic carbocycles. The van der Waals surface area contributed by atoms with Gasteiger partial charge in [0.1, 0.15) is 11.5 Å². The van der Waals surface area contributed by atoms with Crippen molar-refractivity contribution in [3.05, 3.63) is 80.4 Å². The van der Waals surface area contributed by atoms with Crippen LogP contribution in [0.3, 0.4) is 0 Å². The molecule has 0 spiro atoms. The summed E-state index contributed by atoms with van der Waals surface area (Å²) in [4.78, 5) is 0. The van der Waals surface area contributed by atoms with Crippen molar-refractivity contribution in [1.29, 1.82) is 0 Å². The van der Waals surface area contributed by atoms with Crippen LogP contribution in [0.25, 0.3) is 0 Å². The van der Waals surface area contributed by atoms with Gasteiger partial charge in [0.2, 0.25) is 0 Å². The van der Waals surface area contributed by atoms with Gasteiger partial charge in [-0.05, 0) is 116 Å². The smallest absolute Gasteiger partial charge is 0.157 e. The second-order valence-electron chi connectivity index (χ2n) is 7.93. The minimum Gasteiger partial charge on any atom is -0.508 e. The van der Waals surface area contributed by atoms with Gasteiger partial charge in [0, 0.05) is 5.92 Å². The molecular formula is C25H28O4. The lowest BCUT2D eigenvalue weighted by molar-refractivity contribution is 0.403. The Balaban J connectivity index is 2.45. The van der Waals surface area contributed by atoms with Crippen molar-refractivity contribution in [1.82, 2.24) is 0 Å². The number of phenols is 4. The molecule has 4 N–H and O–H groups in total. The number of hydrogen-bond acceptors (Lipinski definition) is 4. The summed E-state index contributed by atoms with van der Waals surface area (Å²) in [5.41, 5.74) is 8.36. The van der Waals surface area contributed by atoms with E-state index in [1.165, 1.54) is 6.07 Å². The minimum absolute atomic E-state index is 0.168. The molecule has 3 rings (SSSR count). The van der Waals surface area contributed by atoms with E-state index in [1.807, 2.05) is 47.6 Å². The third-order valence-corrected chi connectivity index (χ3v) is 6.17. The van der Waals surface area contributed by atoms with Gasteiger partial charge in [-0.3, -0.25) is 0 Å². The first-order chi connectivity index (χ1) is 13.5. The van der Waals surface area contributed by atoms with Gasteiger partial charge in [0.15, 0.2) is 11.5 Å². The lowest BCUT2D eigenvalue weighted by Crippen LogP contribution is -2.12. The summed E-state index contributed by atoms with van der Waals surface area (Å²) >= 11 is 0. The zero-order valence-electron chi connectivity index (χ0n) is 17.8. The predicted molar refractivity (Wildman–Crippen MR) is 115 cm³/mol. The van der Waals surface area contributed by atoms with Crippen molar-refractivity contribution < 1.29 is 20.4 Å². The first-order valence-corrected chi connectivity index (χ1v) is 9.65. The Morgan fingerprint density at radius 3 is 1.38 bits per heavy atom. The summed E-state index contributed by atoms with van der Waals surface area (Å²) in [7, 11) is 0. The molecule has 0 bridgehead atoms. The van der Waals surface area contributed by atoms with Crippen LogP contribution >= 0.6 is 0 Å². The molecule has 0 saturated carbocycles. The molecule has 29 heavy (non-hydrogen) atoms. The van der Waals surface area contributed by atoms with Gasteiger partial charge in [0.25, 0.3) is 0 Å². The number of rotatable bonds is 3. The number of phenolic OH excluding ortho intramolecular Hbond substituents is 4. The molecule has 0 aliphatic heterocycles. The Bertz CT molecular complexity index is 1050. The molecule has 0 aliphatic carbocycles. The van der Waals surface area contributed by atoms with Crippen molar-refractivity contribution in [3.8, 4) is 23.0 Å². The third-order valence-electron chi connectivity index (χ3n) is 6.17. The van der Waals surface area contributed by atoms with E-state index in [2.05, 4.69) is 0 Å². The van der Waals surface area contributed by atoms with Crippen molar-refractivity contribution in [3.63, 3.8) is 0 Å². The van der Waals surface area contributed by atoms with Crippen LogP contribution in [0.1, 0.15) is 56.0 Å². The van der Waals surface area contributed by atoms with Crippen LogP contribution in [-0.4, -0.2) is 20.4 Å². The zero-order chi connectivity index (χ0) is 21.6. The van der Waals surface area contributed by atoms with Crippen LogP contribution in [0, 0.1) is 41.5 Å². The molecule has 152 valence electrons. The standard InChI is InChI=1S/C25H28O4/c1-12-9-20(27)14(3)16(5)23(12)25(18-7-8-19(26)22(29)11-18)24-13(2)10-21(28)15(4)17(24)6/h7-11,25-29H,1-6H3. The minimum atomic E-state index is -0.236. The fraction of sp³-hybridized carbons (Fsp3) is 0.280. The molecule has 4 heteroatoms. The Kier molecular flexibility index (Phi) is 5.22. The van der Waals surface area contributed by atoms with Crippen molar-refractivity contribution in [2.45, 2.75) is 47.5 Å². The van der Waals surface area contributed by atoms with Gasteiger partial charge in [-0.2, -0.15) is 0 Å². The van der Waals surface area contributed by atoms with Crippen LogP contribution in [-0.2, 0) is 0 Å². The fourth-order valence-electron chi connectivity index (χ4n) is 4.25. The van der Waals surface area contributed by atoms with Gasteiger partial charge in [-0.1, -0.05) is 6.07 Å². The van der Waals surface area contributed by atoms with Crippen LogP contribution in [0.15, 0.2) is 30.3 Å². The topological polar surface area (TPSA) is 80.9 Å². The molecule has 3 aromatic rings. The average molecular weight is 392 g/mol. The first-order valence-electron chi connectivity index (χ1n) is 9.65. The molecule has 0 unspecified atom stereocenters. The van der Waals surface area contributed by atoms with E-state index < -0.39 is 0 Å². The first kappa shape index (κ1) is 20.6. The fourth-order valence-corrected chi connectivity index (χ4v) is 4.25. The summed E-state index contributed by atoms with van der Waals surface area (Å²) in [5, 5.41) is 40.6. The maximum absolute atomic E-state index is 10.3. The quantitative estimate of drug-likeness (QED) is 0.348. The lowest BCUT2D eigenvalue weighted by Gasteiger charge is -2.28. The van der Waals surface area contributed by atoms with Gasteiger partial charge in [-0.15, -0.1) is 0 Å². The van der Waals surface area contributed by atoms with E-state index >= 15 is 0 Å². The molecule has 0 heterocycles. The third kappa shape index (κ3) is 3.39. The summed E-state index contributed by atoms with van der Waals surface area (Å²) in [6, 6.07) is 8.42. The number of hydrogen-bond donors (Lipinski definition) is 4. The Labute approximate surface area is 171 Å². The Morgan fingerprint density at radius 1 is 0.517 bits per heavy atom. The second kappa shape index (κ2) is 7.36. The highest BCUT2D eigenvalue weighted by Crippen LogP contribution is 2.44. The van der Waals surface area contributed by atoms with Gasteiger partial charge >= 0.3 is 0 Å². The van der Waals surface area contributed by atoms with E-state index in [9.17, 15) is 20.4 Å². The van der Waals surface area contributed by atoms with Crippen molar-refractivity contribution >= 4 is 0 Å². The van der Waals surface area contributed by atoms with E-state index in [4.69, 9.17) is 0 Å². The molecular weight excluding hydrogens is 364 g/mol. The summed E-state index contributed by atoms with van der Waals surface area (Å²) in [6.45, 7) is 11.7. The van der Waals surface area contributed by atoms with Gasteiger partial charge < -0.3 is 20.4 Å². The lowest BCUT2D eigenvalue weighted by atomic mass is 9.76. The van der Waals surface area contributed by atoms with E-state index in [-0.39, 0.29) is 28.9 Å². The van der Waals surface area contributed by atoms with Crippen LogP contribution in [0.5, 0.6) is 23.0 Å². The van der Waals surface area contributed by atoms with E-state index in [0.717, 1.165) is 50.1 Å². The van der Waals surface area contributed by atoms with E-state index in [1.54, 1.807) is 18.2 Å². The summed E-state index contributed by atoms with van der Waals surface area (Å²) < 4.78 is 0. The number of aromatic hydroxyl groups is 4. The van der Waals surface area contributed by atoms with E-state index in [0.29, 0.717) is 0 Å². The normalized spacial score (nSPS) is 11.3. The molecule has 0 fully saturated rings. The number of benzene rings is 3. The second-order valence-corrected chi connectivity index (χ2v) is 7.93. The van der Waals surface area contributed by atoms with Gasteiger partial charge in [0.05, 0.1) is 0 Å². The molecule has 0 radical (unpaired) electrons. The molecule has 0 aromatic heterocycles. The zero-order valence-corrected chi connectivity index (χ0v) is 17.8. The molecule has 0 atom stereocenters. The highest BCUT2D eigenvalue weighted by Gasteiger charge is 2.27. The largest absolute Gasteiger partial charge is 0.508 e. The van der Waals surface area contributed by atoms with Gasteiger partial charge in [-0.25, -0.2) is 0 Å². The molecule has 0 amide bonds. The van der Waals surface area contributed by atoms with Crippen LogP contribution in [0.2, 0.25) is 0 Å². The van der Waals surface area contributed by atoms with Crippen molar-refractivity contribution in [2.75, 3.05) is 0 Å². The number of aryl methyl sites for hydroxylation is 2. The predicted octanol–water partition coefficient (Wildman–Crippen LogP) is 5.54. The molecule has 0 saturated heterocycles. The van der Waals surface area contributed by atoms with Crippen LogP contribution < -0.4 is 0 Å². The molecule has 0 aliphatic rings. The molecule has 4 nitrogen and oxygen atoms in total. The van der Waals surface area contributed by atoms with Crippen molar-refractivity contribution in [2.24, 2.45) is 0 Å². The Morgan fingerprint density at radius 2 is 0.966 bits per heavy atom. The SMILES string of the molecule is Cc1cc(O)c(C)c(C)c1C(c1ccc(O)c(O)c1)c1c(C)cc(O)c(C)c1C. The van der Waals surface area contributed by atoms with Crippen LogP contribution in [0.4, 0.5) is 0 Å². The maximum Gasteiger partial charge on any atom is 0.157 e. The Hall–Kier alpha value is -3.14. The maximum atomic E-state index is 10.3. The summed E-state index contributed by atoms with van der Waals surface area (Å²) in [5.74, 6) is -0.0693. The monoisotopic (exact) mass is 392 g/mol. The highest BCUT2D eigenvalue weighted by molar-refractivity contribution is 5.61. The highest BCUT2D eigenvalue weighted by atomic mass is 16.3. The average Bonchev–Trinajstić information content (AvgIpc) is 2.65. The summed E-state index contributed by atoms with van der Waals surface area (Å²) in [6.07, 6.45) is 0.